The molecule has 0 aromatic heterocycles. The summed E-state index contributed by atoms with van der Waals surface area (Å²) in [5.41, 5.74) is 5.54. The summed E-state index contributed by atoms with van der Waals surface area (Å²) >= 11 is 0. The van der Waals surface area contributed by atoms with Gasteiger partial charge in [0.25, 0.3) is 0 Å². The minimum absolute atomic E-state index is 0.137. The molecule has 116 valence electrons. The van der Waals surface area contributed by atoms with Gasteiger partial charge in [0.2, 0.25) is 5.91 Å². The molecule has 3 amide bonds. The maximum atomic E-state index is 11.7. The number of hydrogen-bond donors (Lipinski definition) is 3. The SMILES string of the molecule is CCNC(=O)NCCN(C)C(=O)CCC(N)C(=O)OC. The summed E-state index contributed by atoms with van der Waals surface area (Å²) in [5.74, 6) is -0.666. The lowest BCUT2D eigenvalue weighted by atomic mass is 10.1. The average molecular weight is 288 g/mol. The Morgan fingerprint density at radius 2 is 1.95 bits per heavy atom. The Bertz CT molecular complexity index is 335. The Balaban J connectivity index is 3.87. The Kier molecular flexibility index (Phi) is 9.10. The second-order valence-electron chi connectivity index (χ2n) is 4.27. The number of esters is 1. The third kappa shape index (κ3) is 7.57. The van der Waals surface area contributed by atoms with E-state index in [0.29, 0.717) is 19.6 Å². The van der Waals surface area contributed by atoms with Crippen molar-refractivity contribution in [3.8, 4) is 0 Å². The zero-order valence-corrected chi connectivity index (χ0v) is 12.3. The molecule has 4 N–H and O–H groups in total. The van der Waals surface area contributed by atoms with Crippen molar-refractivity contribution in [2.75, 3.05) is 33.8 Å². The zero-order valence-electron chi connectivity index (χ0n) is 12.3. The molecule has 0 bridgehead atoms. The number of nitrogens with one attached hydrogen (secondary N) is 2. The van der Waals surface area contributed by atoms with E-state index >= 15 is 0 Å². The van der Waals surface area contributed by atoms with E-state index in [9.17, 15) is 14.4 Å². The van der Waals surface area contributed by atoms with Gasteiger partial charge in [-0.1, -0.05) is 0 Å². The van der Waals surface area contributed by atoms with E-state index in [2.05, 4.69) is 15.4 Å². The van der Waals surface area contributed by atoms with Crippen LogP contribution in [0.4, 0.5) is 4.79 Å². The van der Waals surface area contributed by atoms with Crippen LogP contribution in [0.25, 0.3) is 0 Å². The van der Waals surface area contributed by atoms with Crippen LogP contribution in [-0.2, 0) is 14.3 Å². The zero-order chi connectivity index (χ0) is 15.5. The molecule has 0 rings (SSSR count). The van der Waals surface area contributed by atoms with E-state index in [4.69, 9.17) is 5.73 Å². The lowest BCUT2D eigenvalue weighted by Crippen LogP contribution is -2.41. The van der Waals surface area contributed by atoms with Crippen LogP contribution in [0.2, 0.25) is 0 Å². The van der Waals surface area contributed by atoms with Gasteiger partial charge in [0.05, 0.1) is 7.11 Å². The van der Waals surface area contributed by atoms with Crippen LogP contribution in [0.5, 0.6) is 0 Å². The van der Waals surface area contributed by atoms with Crippen LogP contribution in [0.15, 0.2) is 0 Å². The topological polar surface area (TPSA) is 114 Å². The Morgan fingerprint density at radius 1 is 1.30 bits per heavy atom. The molecule has 0 aliphatic heterocycles. The monoisotopic (exact) mass is 288 g/mol. The Labute approximate surface area is 119 Å². The van der Waals surface area contributed by atoms with Gasteiger partial charge >= 0.3 is 12.0 Å². The summed E-state index contributed by atoms with van der Waals surface area (Å²) in [5, 5.41) is 5.20. The highest BCUT2D eigenvalue weighted by atomic mass is 16.5. The number of nitrogens with zero attached hydrogens (tertiary/aromatic N) is 1. The number of likely N-dealkylation sites (N-methyl/N-ethyl adjacent to an activating group) is 1. The number of nitrogens with two attached hydrogens (primary N) is 1. The molecule has 1 atom stereocenters. The molecule has 8 heteroatoms. The number of rotatable bonds is 8. The molecule has 20 heavy (non-hydrogen) atoms. The van der Waals surface area contributed by atoms with Crippen molar-refractivity contribution in [2.24, 2.45) is 5.73 Å². The summed E-state index contributed by atoms with van der Waals surface area (Å²) in [6, 6.07) is -1.05. The Hall–Kier alpha value is -1.83. The first kappa shape index (κ1) is 18.2. The predicted molar refractivity (Wildman–Crippen MR) is 73.9 cm³/mol. The number of urea groups is 1. The fourth-order valence-corrected chi connectivity index (χ4v) is 1.42. The average Bonchev–Trinajstić information content (AvgIpc) is 2.43. The standard InChI is InChI=1S/C12H24N4O4/c1-4-14-12(19)15-7-8-16(2)10(17)6-5-9(13)11(18)20-3/h9H,4-8,13H2,1-3H3,(H2,14,15,19). The highest BCUT2D eigenvalue weighted by molar-refractivity contribution is 5.79. The second-order valence-corrected chi connectivity index (χ2v) is 4.27. The molecule has 0 heterocycles. The van der Waals surface area contributed by atoms with Gasteiger partial charge < -0.3 is 26.0 Å². The number of ether oxygens (including phenoxy) is 1. The maximum absolute atomic E-state index is 11.7. The Morgan fingerprint density at radius 3 is 2.50 bits per heavy atom. The third-order valence-electron chi connectivity index (χ3n) is 2.67. The lowest BCUT2D eigenvalue weighted by molar-refractivity contribution is -0.142. The second kappa shape index (κ2) is 10.0. The number of carbonyl (C=O) groups excluding carboxylic acids is 3. The first-order valence-corrected chi connectivity index (χ1v) is 6.51. The van der Waals surface area contributed by atoms with Crippen molar-refractivity contribution in [1.29, 1.82) is 0 Å². The largest absolute Gasteiger partial charge is 0.468 e. The van der Waals surface area contributed by atoms with E-state index in [0.717, 1.165) is 0 Å². The van der Waals surface area contributed by atoms with Gasteiger partial charge in [0.15, 0.2) is 0 Å². The summed E-state index contributed by atoms with van der Waals surface area (Å²) in [6.07, 6.45) is 0.396. The van der Waals surface area contributed by atoms with Gasteiger partial charge in [-0.3, -0.25) is 9.59 Å². The number of hydrogen-bond acceptors (Lipinski definition) is 5. The maximum Gasteiger partial charge on any atom is 0.322 e. The lowest BCUT2D eigenvalue weighted by Gasteiger charge is -2.18. The molecule has 1 unspecified atom stereocenters. The van der Waals surface area contributed by atoms with Crippen LogP contribution in [0, 0.1) is 0 Å². The van der Waals surface area contributed by atoms with E-state index in [1.54, 1.807) is 7.05 Å². The highest BCUT2D eigenvalue weighted by Crippen LogP contribution is 2.00. The quantitative estimate of drug-likeness (QED) is 0.498. The summed E-state index contributed by atoms with van der Waals surface area (Å²) in [4.78, 5) is 35.4. The van der Waals surface area contributed by atoms with Crippen molar-refractivity contribution >= 4 is 17.9 Å². The first-order chi connectivity index (χ1) is 9.42. The molecule has 0 aliphatic carbocycles. The van der Waals surface area contributed by atoms with Crippen LogP contribution in [-0.4, -0.2) is 62.6 Å². The van der Waals surface area contributed by atoms with Crippen molar-refractivity contribution < 1.29 is 19.1 Å². The normalized spacial score (nSPS) is 11.4. The van der Waals surface area contributed by atoms with Crippen molar-refractivity contribution in [2.45, 2.75) is 25.8 Å². The number of methoxy groups -OCH3 is 1. The molecular formula is C12H24N4O4. The van der Waals surface area contributed by atoms with E-state index in [-0.39, 0.29) is 24.8 Å². The van der Waals surface area contributed by atoms with Gasteiger partial charge in [-0.05, 0) is 13.3 Å². The van der Waals surface area contributed by atoms with Crippen LogP contribution < -0.4 is 16.4 Å². The van der Waals surface area contributed by atoms with Crippen molar-refractivity contribution in [3.05, 3.63) is 0 Å². The fourth-order valence-electron chi connectivity index (χ4n) is 1.42. The van der Waals surface area contributed by atoms with Crippen LogP contribution >= 0.6 is 0 Å². The summed E-state index contributed by atoms with van der Waals surface area (Å²) < 4.78 is 4.48. The van der Waals surface area contributed by atoms with E-state index in [1.165, 1.54) is 12.0 Å². The van der Waals surface area contributed by atoms with Gasteiger partial charge in [-0.25, -0.2) is 4.79 Å². The van der Waals surface area contributed by atoms with Gasteiger partial charge in [0, 0.05) is 33.1 Å². The molecule has 0 spiro atoms. The minimum Gasteiger partial charge on any atom is -0.468 e. The molecule has 0 aliphatic rings. The molecule has 0 saturated carbocycles. The van der Waals surface area contributed by atoms with Gasteiger partial charge in [-0.2, -0.15) is 0 Å². The summed E-state index contributed by atoms with van der Waals surface area (Å²) in [7, 11) is 2.88. The smallest absolute Gasteiger partial charge is 0.322 e. The molecule has 0 aromatic rings. The van der Waals surface area contributed by atoms with Crippen LogP contribution in [0.3, 0.4) is 0 Å². The molecule has 8 nitrogen and oxygen atoms in total. The predicted octanol–water partition coefficient (Wildman–Crippen LogP) is -0.956. The highest BCUT2D eigenvalue weighted by Gasteiger charge is 2.17. The first-order valence-electron chi connectivity index (χ1n) is 6.51. The fraction of sp³-hybridized carbons (Fsp3) is 0.750. The molecule has 0 radical (unpaired) electrons. The number of amides is 3. The summed E-state index contributed by atoms with van der Waals surface area (Å²) in [6.45, 7) is 3.12. The molecule has 0 saturated heterocycles. The number of carbonyl (C=O) groups is 3. The third-order valence-corrected chi connectivity index (χ3v) is 2.67. The minimum atomic E-state index is -0.786. The molecular weight excluding hydrogens is 264 g/mol. The van der Waals surface area contributed by atoms with Crippen molar-refractivity contribution in [1.82, 2.24) is 15.5 Å². The van der Waals surface area contributed by atoms with E-state index in [1.807, 2.05) is 6.92 Å². The van der Waals surface area contributed by atoms with Gasteiger partial charge in [0.1, 0.15) is 6.04 Å². The van der Waals surface area contributed by atoms with Crippen molar-refractivity contribution in [3.63, 3.8) is 0 Å². The van der Waals surface area contributed by atoms with Crippen LogP contribution in [0.1, 0.15) is 19.8 Å². The van der Waals surface area contributed by atoms with E-state index < -0.39 is 12.0 Å². The molecule has 0 aromatic carbocycles. The molecule has 0 fully saturated rings. The van der Waals surface area contributed by atoms with Gasteiger partial charge in [-0.15, -0.1) is 0 Å².